The van der Waals surface area contributed by atoms with Crippen molar-refractivity contribution in [3.05, 3.63) is 59.2 Å². The number of fused-ring (bicyclic) bond motifs is 1. The Kier molecular flexibility index (Phi) is 7.33. The summed E-state index contributed by atoms with van der Waals surface area (Å²) in [5.74, 6) is -0.314. The number of rotatable bonds is 8. The van der Waals surface area contributed by atoms with Crippen LogP contribution in [-0.2, 0) is 0 Å². The molecule has 11 heteroatoms. The number of carbonyl (C=O) groups is 2. The van der Waals surface area contributed by atoms with Gasteiger partial charge in [-0.2, -0.15) is 0 Å². The number of anilines is 1. The quantitative estimate of drug-likeness (QED) is 0.511. The predicted molar refractivity (Wildman–Crippen MR) is 128 cm³/mol. The van der Waals surface area contributed by atoms with Gasteiger partial charge in [-0.3, -0.25) is 14.6 Å². The summed E-state index contributed by atoms with van der Waals surface area (Å²) in [5, 5.41) is 9.68. The van der Waals surface area contributed by atoms with Crippen molar-refractivity contribution < 1.29 is 18.4 Å². The highest BCUT2D eigenvalue weighted by molar-refractivity contribution is 5.93. The Morgan fingerprint density at radius 2 is 2.06 bits per heavy atom. The first-order chi connectivity index (χ1) is 16.9. The van der Waals surface area contributed by atoms with Gasteiger partial charge in [0.05, 0.1) is 12.7 Å². The summed E-state index contributed by atoms with van der Waals surface area (Å²) in [5.41, 5.74) is 2.84. The highest BCUT2D eigenvalue weighted by Crippen LogP contribution is 2.20. The number of nitrogens with zero attached hydrogens (tertiary/aromatic N) is 5. The highest BCUT2D eigenvalue weighted by Gasteiger charge is 2.26. The van der Waals surface area contributed by atoms with Crippen LogP contribution in [0.25, 0.3) is 11.7 Å². The van der Waals surface area contributed by atoms with Crippen molar-refractivity contribution in [1.82, 2.24) is 30.2 Å². The van der Waals surface area contributed by atoms with E-state index in [0.29, 0.717) is 36.7 Å². The average Bonchev–Trinajstić information content (AvgIpc) is 3.48. The van der Waals surface area contributed by atoms with E-state index in [4.69, 9.17) is 0 Å². The minimum atomic E-state index is -2.65. The Morgan fingerprint density at radius 3 is 2.80 bits per heavy atom. The molecular formula is C24H27F2N7O2. The van der Waals surface area contributed by atoms with Gasteiger partial charge < -0.3 is 15.5 Å². The molecule has 1 aliphatic rings. The SMILES string of the molecule is CC/C=C/c1cnc(C(=O)N[C@H]2CCN(c3ccc4ncc(C(=O)NCC(F)F)n4n3)C2)cc1C. The smallest absolute Gasteiger partial charge is 0.271 e. The van der Waals surface area contributed by atoms with Crippen LogP contribution in [0.4, 0.5) is 14.6 Å². The van der Waals surface area contributed by atoms with E-state index in [9.17, 15) is 18.4 Å². The summed E-state index contributed by atoms with van der Waals surface area (Å²) in [6.07, 6.45) is 6.05. The minimum absolute atomic E-state index is 0.0743. The van der Waals surface area contributed by atoms with E-state index in [0.717, 1.165) is 17.5 Å². The molecule has 0 aromatic carbocycles. The molecule has 3 aromatic heterocycles. The molecule has 1 aliphatic heterocycles. The molecule has 0 saturated carbocycles. The first-order valence-corrected chi connectivity index (χ1v) is 11.5. The van der Waals surface area contributed by atoms with Crippen molar-refractivity contribution >= 4 is 29.4 Å². The Balaban J connectivity index is 1.42. The van der Waals surface area contributed by atoms with Crippen molar-refractivity contribution in [2.24, 2.45) is 0 Å². The van der Waals surface area contributed by atoms with Crippen LogP contribution in [0.3, 0.4) is 0 Å². The third-order valence-corrected chi connectivity index (χ3v) is 5.76. The topological polar surface area (TPSA) is 105 Å². The lowest BCUT2D eigenvalue weighted by Gasteiger charge is -2.18. The van der Waals surface area contributed by atoms with E-state index in [-0.39, 0.29) is 17.6 Å². The van der Waals surface area contributed by atoms with E-state index in [1.54, 1.807) is 24.4 Å². The first-order valence-electron chi connectivity index (χ1n) is 11.5. The number of aryl methyl sites for hydroxylation is 1. The summed E-state index contributed by atoms with van der Waals surface area (Å²) in [4.78, 5) is 35.4. The molecule has 2 N–H and O–H groups in total. The van der Waals surface area contributed by atoms with Crippen molar-refractivity contribution in [2.75, 3.05) is 24.5 Å². The maximum absolute atomic E-state index is 12.8. The van der Waals surface area contributed by atoms with E-state index in [1.165, 1.54) is 10.7 Å². The molecule has 0 spiro atoms. The molecule has 1 fully saturated rings. The fourth-order valence-electron chi connectivity index (χ4n) is 3.90. The second kappa shape index (κ2) is 10.6. The fourth-order valence-corrected chi connectivity index (χ4v) is 3.90. The maximum atomic E-state index is 12.8. The van der Waals surface area contributed by atoms with E-state index < -0.39 is 18.9 Å². The molecule has 0 bridgehead atoms. The number of hydrogen-bond donors (Lipinski definition) is 2. The predicted octanol–water partition coefficient (Wildman–Crippen LogP) is 2.86. The van der Waals surface area contributed by atoms with E-state index >= 15 is 0 Å². The lowest BCUT2D eigenvalue weighted by Crippen LogP contribution is -2.37. The van der Waals surface area contributed by atoms with Crippen LogP contribution in [0.2, 0.25) is 0 Å². The van der Waals surface area contributed by atoms with Crippen LogP contribution in [0.15, 0.2) is 36.7 Å². The molecule has 35 heavy (non-hydrogen) atoms. The molecule has 9 nitrogen and oxygen atoms in total. The number of aromatic nitrogens is 4. The van der Waals surface area contributed by atoms with Gasteiger partial charge in [0.25, 0.3) is 18.2 Å². The number of halogens is 2. The van der Waals surface area contributed by atoms with Gasteiger partial charge in [-0.05, 0) is 49.1 Å². The number of hydrogen-bond acceptors (Lipinski definition) is 6. The van der Waals surface area contributed by atoms with E-state index in [2.05, 4.69) is 32.6 Å². The van der Waals surface area contributed by atoms with Gasteiger partial charge in [-0.15, -0.1) is 5.10 Å². The summed E-state index contributed by atoms with van der Waals surface area (Å²) in [6, 6.07) is 5.17. The molecule has 2 amide bonds. The lowest BCUT2D eigenvalue weighted by atomic mass is 10.1. The molecule has 1 atom stereocenters. The molecule has 0 aliphatic carbocycles. The van der Waals surface area contributed by atoms with Gasteiger partial charge in [-0.1, -0.05) is 19.1 Å². The number of carbonyl (C=O) groups excluding carboxylic acids is 2. The highest BCUT2D eigenvalue weighted by atomic mass is 19.3. The number of amides is 2. The van der Waals surface area contributed by atoms with Gasteiger partial charge in [-0.25, -0.2) is 18.3 Å². The Labute approximate surface area is 201 Å². The summed E-state index contributed by atoms with van der Waals surface area (Å²) in [6.45, 7) is 4.44. The maximum Gasteiger partial charge on any atom is 0.271 e. The largest absolute Gasteiger partial charge is 0.353 e. The summed E-state index contributed by atoms with van der Waals surface area (Å²) >= 11 is 0. The Morgan fingerprint density at radius 1 is 1.23 bits per heavy atom. The van der Waals surface area contributed by atoms with Gasteiger partial charge in [0.1, 0.15) is 11.5 Å². The summed E-state index contributed by atoms with van der Waals surface area (Å²) < 4.78 is 26.2. The molecule has 184 valence electrons. The fraction of sp³-hybridized carbons (Fsp3) is 0.375. The standard InChI is InChI=1S/C24H27F2N7O2/c1-3-4-5-16-11-27-18(10-15(16)2)23(34)30-17-8-9-32(14-17)22-7-6-21-28-12-19(33(21)31-22)24(35)29-13-20(25)26/h4-7,10-12,17,20H,3,8-9,13-14H2,1-2H3,(H,29,35)(H,30,34)/b5-4+/t17-/m0/s1. The van der Waals surface area contributed by atoms with Crippen LogP contribution >= 0.6 is 0 Å². The second-order valence-electron chi connectivity index (χ2n) is 8.35. The van der Waals surface area contributed by atoms with Crippen LogP contribution in [-0.4, -0.2) is 63.5 Å². The Hall–Kier alpha value is -3.89. The molecule has 0 radical (unpaired) electrons. The zero-order valence-electron chi connectivity index (χ0n) is 19.5. The Bertz CT molecular complexity index is 1260. The number of allylic oxidation sites excluding steroid dienone is 1. The zero-order chi connectivity index (χ0) is 24.9. The van der Waals surface area contributed by atoms with Crippen LogP contribution < -0.4 is 15.5 Å². The molecule has 4 heterocycles. The number of imidazole rings is 1. The number of nitrogens with one attached hydrogen (secondary N) is 2. The van der Waals surface area contributed by atoms with Crippen molar-refractivity contribution in [2.45, 2.75) is 39.2 Å². The molecule has 1 saturated heterocycles. The monoisotopic (exact) mass is 483 g/mol. The third-order valence-electron chi connectivity index (χ3n) is 5.76. The van der Waals surface area contributed by atoms with Crippen LogP contribution in [0.1, 0.15) is 51.9 Å². The molecule has 4 rings (SSSR count). The normalized spacial score (nSPS) is 15.9. The van der Waals surface area contributed by atoms with Gasteiger partial charge in [0.15, 0.2) is 11.3 Å². The average molecular weight is 484 g/mol. The van der Waals surface area contributed by atoms with Crippen molar-refractivity contribution in [3.8, 4) is 0 Å². The second-order valence-corrected chi connectivity index (χ2v) is 8.35. The first kappa shape index (κ1) is 24.2. The van der Waals surface area contributed by atoms with Gasteiger partial charge in [0, 0.05) is 25.3 Å². The summed E-state index contributed by atoms with van der Waals surface area (Å²) in [7, 11) is 0. The molecule has 3 aromatic rings. The van der Waals surface area contributed by atoms with E-state index in [1.807, 2.05) is 24.0 Å². The third kappa shape index (κ3) is 5.61. The van der Waals surface area contributed by atoms with Gasteiger partial charge >= 0.3 is 0 Å². The van der Waals surface area contributed by atoms with Crippen LogP contribution in [0.5, 0.6) is 0 Å². The van der Waals surface area contributed by atoms with Crippen molar-refractivity contribution in [1.29, 1.82) is 0 Å². The molecular weight excluding hydrogens is 456 g/mol. The van der Waals surface area contributed by atoms with Gasteiger partial charge in [0.2, 0.25) is 0 Å². The minimum Gasteiger partial charge on any atom is -0.353 e. The lowest BCUT2D eigenvalue weighted by molar-refractivity contribution is 0.0884. The molecule has 0 unspecified atom stereocenters. The number of pyridine rings is 1. The zero-order valence-corrected chi connectivity index (χ0v) is 19.5. The number of alkyl halides is 2. The van der Waals surface area contributed by atoms with Crippen LogP contribution in [0, 0.1) is 6.92 Å². The van der Waals surface area contributed by atoms with Crippen molar-refractivity contribution in [3.63, 3.8) is 0 Å².